The van der Waals surface area contributed by atoms with Crippen molar-refractivity contribution in [1.82, 2.24) is 4.98 Å². The van der Waals surface area contributed by atoms with E-state index in [1.54, 1.807) is 12.1 Å². The van der Waals surface area contributed by atoms with E-state index in [-0.39, 0.29) is 5.91 Å². The van der Waals surface area contributed by atoms with Gasteiger partial charge in [-0.15, -0.1) is 0 Å². The first-order valence-corrected chi connectivity index (χ1v) is 6.27. The number of aryl methyl sites for hydroxylation is 1. The van der Waals surface area contributed by atoms with Gasteiger partial charge in [0.15, 0.2) is 0 Å². The molecule has 0 spiro atoms. The topological polar surface area (TPSA) is 65.8 Å². The summed E-state index contributed by atoms with van der Waals surface area (Å²) in [5.41, 5.74) is 4.35. The summed E-state index contributed by atoms with van der Waals surface area (Å²) >= 11 is 0. The summed E-state index contributed by atoms with van der Waals surface area (Å²) in [5.74, 6) is 0.245. The lowest BCUT2D eigenvalue weighted by atomic mass is 9.98. The Kier molecular flexibility index (Phi) is 3.81. The quantitative estimate of drug-likeness (QED) is 0.907. The molecule has 1 aromatic heterocycles. The van der Waals surface area contributed by atoms with Gasteiger partial charge in [0.2, 0.25) is 0 Å². The highest BCUT2D eigenvalue weighted by Crippen LogP contribution is 2.18. The fraction of sp³-hybridized carbons (Fsp3) is 0.188. The zero-order valence-corrected chi connectivity index (χ0v) is 11.7. The number of carbonyl (C=O) groups excluding carboxylic acids is 1. The predicted octanol–water partition coefficient (Wildman–Crippen LogP) is 3.13. The second-order valence-electron chi connectivity index (χ2n) is 4.68. The maximum atomic E-state index is 12.2. The molecule has 0 atom stereocenters. The van der Waals surface area contributed by atoms with Gasteiger partial charge < -0.3 is 5.32 Å². The van der Waals surface area contributed by atoms with Crippen LogP contribution in [0.15, 0.2) is 30.5 Å². The van der Waals surface area contributed by atoms with Gasteiger partial charge in [0.25, 0.3) is 5.91 Å². The first-order chi connectivity index (χ1) is 9.52. The molecule has 1 aromatic carbocycles. The number of aromatic nitrogens is 1. The van der Waals surface area contributed by atoms with E-state index in [1.807, 2.05) is 39.0 Å². The largest absolute Gasteiger partial charge is 0.307 e. The number of benzene rings is 1. The number of pyridine rings is 1. The van der Waals surface area contributed by atoms with Crippen molar-refractivity contribution < 1.29 is 4.79 Å². The minimum absolute atomic E-state index is 0.192. The lowest BCUT2D eigenvalue weighted by Gasteiger charge is -2.11. The van der Waals surface area contributed by atoms with Crippen LogP contribution in [0, 0.1) is 32.1 Å². The van der Waals surface area contributed by atoms with Crippen LogP contribution in [0.5, 0.6) is 0 Å². The van der Waals surface area contributed by atoms with Gasteiger partial charge >= 0.3 is 0 Å². The SMILES string of the molecule is Cc1ccc(C(=O)Nc2ccc(C#N)cn2)c(C)c1C. The molecule has 0 unspecified atom stereocenters. The van der Waals surface area contributed by atoms with Gasteiger partial charge in [0.05, 0.1) is 5.56 Å². The average Bonchev–Trinajstić information content (AvgIpc) is 2.45. The van der Waals surface area contributed by atoms with Crippen LogP contribution >= 0.6 is 0 Å². The predicted molar refractivity (Wildman–Crippen MR) is 77.6 cm³/mol. The molecule has 0 radical (unpaired) electrons. The van der Waals surface area contributed by atoms with E-state index < -0.39 is 0 Å². The van der Waals surface area contributed by atoms with E-state index >= 15 is 0 Å². The number of amides is 1. The van der Waals surface area contributed by atoms with Gasteiger partial charge in [0.1, 0.15) is 11.9 Å². The number of carbonyl (C=O) groups is 1. The normalized spacial score (nSPS) is 9.90. The van der Waals surface area contributed by atoms with E-state index in [0.717, 1.165) is 16.7 Å². The standard InChI is InChI=1S/C16H15N3O/c1-10-4-6-14(12(3)11(10)2)16(20)19-15-7-5-13(8-17)9-18-15/h4-7,9H,1-3H3,(H,18,19,20). The summed E-state index contributed by atoms with van der Waals surface area (Å²) in [5, 5.41) is 11.4. The molecular formula is C16H15N3O. The van der Waals surface area contributed by atoms with Crippen molar-refractivity contribution in [2.75, 3.05) is 5.32 Å². The van der Waals surface area contributed by atoms with Crippen LogP contribution in [-0.4, -0.2) is 10.9 Å². The van der Waals surface area contributed by atoms with Crippen molar-refractivity contribution in [2.24, 2.45) is 0 Å². The molecule has 0 aliphatic heterocycles. The first kappa shape index (κ1) is 13.8. The Bertz CT molecular complexity index is 697. The Morgan fingerprint density at radius 3 is 2.50 bits per heavy atom. The Morgan fingerprint density at radius 1 is 1.15 bits per heavy atom. The molecule has 2 rings (SSSR count). The fourth-order valence-corrected chi connectivity index (χ4v) is 1.92. The third kappa shape index (κ3) is 2.67. The van der Waals surface area contributed by atoms with Crippen LogP contribution in [0.4, 0.5) is 5.82 Å². The second kappa shape index (κ2) is 5.54. The fourth-order valence-electron chi connectivity index (χ4n) is 1.92. The third-order valence-corrected chi connectivity index (χ3v) is 3.44. The molecule has 1 heterocycles. The summed E-state index contributed by atoms with van der Waals surface area (Å²) in [6.45, 7) is 5.96. The molecule has 100 valence electrons. The van der Waals surface area contributed by atoms with Gasteiger partial charge in [-0.3, -0.25) is 4.79 Å². The molecule has 0 fully saturated rings. The van der Waals surface area contributed by atoms with Crippen molar-refractivity contribution >= 4 is 11.7 Å². The first-order valence-electron chi connectivity index (χ1n) is 6.27. The number of hydrogen-bond acceptors (Lipinski definition) is 3. The molecule has 1 N–H and O–H groups in total. The van der Waals surface area contributed by atoms with Crippen molar-refractivity contribution in [3.05, 3.63) is 58.3 Å². The molecule has 4 nitrogen and oxygen atoms in total. The number of nitrogens with zero attached hydrogens (tertiary/aromatic N) is 2. The molecular weight excluding hydrogens is 250 g/mol. The number of nitriles is 1. The van der Waals surface area contributed by atoms with Gasteiger partial charge in [-0.2, -0.15) is 5.26 Å². The lowest BCUT2D eigenvalue weighted by molar-refractivity contribution is 0.102. The van der Waals surface area contributed by atoms with Crippen LogP contribution in [0.25, 0.3) is 0 Å². The number of rotatable bonds is 2. The number of nitrogens with one attached hydrogen (secondary N) is 1. The summed E-state index contributed by atoms with van der Waals surface area (Å²) in [6.07, 6.45) is 1.43. The maximum absolute atomic E-state index is 12.2. The molecule has 20 heavy (non-hydrogen) atoms. The summed E-state index contributed by atoms with van der Waals surface area (Å²) < 4.78 is 0. The van der Waals surface area contributed by atoms with E-state index in [1.165, 1.54) is 6.20 Å². The van der Waals surface area contributed by atoms with E-state index in [4.69, 9.17) is 5.26 Å². The Hall–Kier alpha value is -2.67. The Morgan fingerprint density at radius 2 is 1.90 bits per heavy atom. The molecule has 0 aliphatic rings. The van der Waals surface area contributed by atoms with Crippen molar-refractivity contribution in [1.29, 1.82) is 5.26 Å². The van der Waals surface area contributed by atoms with Crippen LogP contribution in [-0.2, 0) is 0 Å². The smallest absolute Gasteiger partial charge is 0.257 e. The Balaban J connectivity index is 2.24. The molecule has 1 amide bonds. The molecule has 0 saturated heterocycles. The van der Waals surface area contributed by atoms with E-state index in [9.17, 15) is 4.79 Å². The minimum atomic E-state index is -0.192. The van der Waals surface area contributed by atoms with Gasteiger partial charge in [-0.25, -0.2) is 4.98 Å². The van der Waals surface area contributed by atoms with Gasteiger partial charge in [-0.1, -0.05) is 6.07 Å². The molecule has 4 heteroatoms. The molecule has 0 aliphatic carbocycles. The second-order valence-corrected chi connectivity index (χ2v) is 4.68. The van der Waals surface area contributed by atoms with Gasteiger partial charge in [0, 0.05) is 11.8 Å². The molecule has 0 saturated carbocycles. The zero-order chi connectivity index (χ0) is 14.7. The van der Waals surface area contributed by atoms with Crippen LogP contribution < -0.4 is 5.32 Å². The van der Waals surface area contributed by atoms with Crippen LogP contribution in [0.1, 0.15) is 32.6 Å². The molecule has 0 bridgehead atoms. The van der Waals surface area contributed by atoms with Crippen molar-refractivity contribution in [3.8, 4) is 6.07 Å². The number of anilines is 1. The van der Waals surface area contributed by atoms with E-state index in [0.29, 0.717) is 16.9 Å². The van der Waals surface area contributed by atoms with Crippen molar-refractivity contribution in [2.45, 2.75) is 20.8 Å². The molecule has 2 aromatic rings. The lowest BCUT2D eigenvalue weighted by Crippen LogP contribution is -2.15. The highest BCUT2D eigenvalue weighted by atomic mass is 16.1. The third-order valence-electron chi connectivity index (χ3n) is 3.44. The van der Waals surface area contributed by atoms with Crippen molar-refractivity contribution in [3.63, 3.8) is 0 Å². The Labute approximate surface area is 118 Å². The summed E-state index contributed by atoms with van der Waals surface area (Å²) in [7, 11) is 0. The van der Waals surface area contributed by atoms with Gasteiger partial charge in [-0.05, 0) is 55.7 Å². The maximum Gasteiger partial charge on any atom is 0.257 e. The average molecular weight is 265 g/mol. The zero-order valence-electron chi connectivity index (χ0n) is 11.7. The minimum Gasteiger partial charge on any atom is -0.307 e. The number of hydrogen-bond donors (Lipinski definition) is 1. The van der Waals surface area contributed by atoms with E-state index in [2.05, 4.69) is 10.3 Å². The highest BCUT2D eigenvalue weighted by Gasteiger charge is 2.12. The summed E-state index contributed by atoms with van der Waals surface area (Å²) in [4.78, 5) is 16.3. The van der Waals surface area contributed by atoms with Crippen LogP contribution in [0.3, 0.4) is 0 Å². The highest BCUT2D eigenvalue weighted by molar-refractivity contribution is 6.05. The summed E-state index contributed by atoms with van der Waals surface area (Å²) in [6, 6.07) is 8.98. The van der Waals surface area contributed by atoms with Crippen LogP contribution in [0.2, 0.25) is 0 Å². The monoisotopic (exact) mass is 265 g/mol.